The lowest BCUT2D eigenvalue weighted by Gasteiger charge is -2.27. The van der Waals surface area contributed by atoms with E-state index in [1.165, 1.54) is 5.56 Å². The molecule has 0 aromatic carbocycles. The predicted octanol–water partition coefficient (Wildman–Crippen LogP) is 2.12. The monoisotopic (exact) mass is 226 g/mol. The van der Waals surface area contributed by atoms with Gasteiger partial charge in [-0.3, -0.25) is 4.90 Å². The fraction of sp³-hybridized carbons (Fsp3) is 0.727. The minimum Gasteiger partial charge on any atom is -0.361 e. The third-order valence-corrected chi connectivity index (χ3v) is 3.06. The van der Waals surface area contributed by atoms with Gasteiger partial charge in [-0.15, -0.1) is 0 Å². The highest BCUT2D eigenvalue weighted by Gasteiger charge is 2.23. The summed E-state index contributed by atoms with van der Waals surface area (Å²) in [5.41, 5.74) is 2.29. The van der Waals surface area contributed by atoms with Crippen LogP contribution in [0, 0.1) is 5.92 Å². The normalized spacial score (nSPS) is 17.1. The third kappa shape index (κ3) is 2.37. The maximum atomic E-state index is 5.31. The molecule has 1 aliphatic heterocycles. The Hall–Kier alpha value is -0.480. The highest BCUT2D eigenvalue weighted by Crippen LogP contribution is 2.23. The minimum atomic E-state index is 0.675. The van der Waals surface area contributed by atoms with Crippen molar-refractivity contribution in [3.63, 3.8) is 0 Å². The van der Waals surface area contributed by atoms with Crippen LogP contribution in [-0.2, 0) is 18.7 Å². The zero-order chi connectivity index (χ0) is 10.8. The van der Waals surface area contributed by atoms with Crippen molar-refractivity contribution in [3.8, 4) is 0 Å². The van der Waals surface area contributed by atoms with Crippen LogP contribution in [0.2, 0.25) is 0 Å². The predicted molar refractivity (Wildman–Crippen MR) is 63.0 cm³/mol. The van der Waals surface area contributed by atoms with Crippen molar-refractivity contribution in [2.75, 3.05) is 13.1 Å². The summed E-state index contributed by atoms with van der Waals surface area (Å²) in [7, 11) is 0. The lowest BCUT2D eigenvalue weighted by atomic mass is 10.1. The molecule has 0 unspecified atom stereocenters. The molecule has 1 aromatic heterocycles. The maximum Gasteiger partial charge on any atom is 0.142 e. The number of hydrogen-bond donors (Lipinski definition) is 1. The van der Waals surface area contributed by atoms with Gasteiger partial charge < -0.3 is 4.52 Å². The summed E-state index contributed by atoms with van der Waals surface area (Å²) in [4.78, 5) is 2.47. The van der Waals surface area contributed by atoms with Gasteiger partial charge in [0.1, 0.15) is 5.76 Å². The summed E-state index contributed by atoms with van der Waals surface area (Å²) < 4.78 is 5.31. The Morgan fingerprint density at radius 2 is 2.33 bits per heavy atom. The largest absolute Gasteiger partial charge is 0.361 e. The molecule has 3 nitrogen and oxygen atoms in total. The number of aromatic nitrogens is 1. The summed E-state index contributed by atoms with van der Waals surface area (Å²) >= 11 is 4.27. The molecule has 84 valence electrons. The fourth-order valence-corrected chi connectivity index (χ4v) is 2.36. The molecule has 2 heterocycles. The molecule has 0 fully saturated rings. The molecule has 2 rings (SSSR count). The van der Waals surface area contributed by atoms with E-state index in [0.717, 1.165) is 37.5 Å². The molecule has 0 amide bonds. The van der Waals surface area contributed by atoms with E-state index in [-0.39, 0.29) is 0 Å². The molecule has 0 N–H and O–H groups in total. The van der Waals surface area contributed by atoms with Gasteiger partial charge in [-0.25, -0.2) is 0 Å². The van der Waals surface area contributed by atoms with Gasteiger partial charge >= 0.3 is 0 Å². The van der Waals surface area contributed by atoms with Gasteiger partial charge in [0.15, 0.2) is 0 Å². The molecule has 15 heavy (non-hydrogen) atoms. The number of nitrogens with zero attached hydrogens (tertiary/aromatic N) is 2. The first kappa shape index (κ1) is 11.0. The van der Waals surface area contributed by atoms with E-state index in [1.807, 2.05) is 0 Å². The molecule has 1 aromatic rings. The highest BCUT2D eigenvalue weighted by atomic mass is 32.1. The van der Waals surface area contributed by atoms with Crippen molar-refractivity contribution in [3.05, 3.63) is 17.0 Å². The van der Waals surface area contributed by atoms with Crippen molar-refractivity contribution >= 4 is 12.6 Å². The number of hydrogen-bond acceptors (Lipinski definition) is 4. The topological polar surface area (TPSA) is 29.3 Å². The van der Waals surface area contributed by atoms with E-state index in [9.17, 15) is 0 Å². The Labute approximate surface area is 96.2 Å². The molecule has 1 aliphatic rings. The number of rotatable bonds is 3. The van der Waals surface area contributed by atoms with E-state index >= 15 is 0 Å². The molecule has 0 atom stereocenters. The van der Waals surface area contributed by atoms with Gasteiger partial charge in [-0.1, -0.05) is 19.0 Å². The lowest BCUT2D eigenvalue weighted by Crippen LogP contribution is -2.33. The van der Waals surface area contributed by atoms with Gasteiger partial charge in [-0.2, -0.15) is 12.6 Å². The van der Waals surface area contributed by atoms with Gasteiger partial charge in [0.25, 0.3) is 0 Å². The summed E-state index contributed by atoms with van der Waals surface area (Å²) in [5.74, 6) is 2.46. The average Bonchev–Trinajstić information content (AvgIpc) is 2.59. The SMILES string of the molecule is CC(C)CN1CCc2onc(CS)c2C1. The summed E-state index contributed by atoms with van der Waals surface area (Å²) in [5, 5.41) is 4.05. The first-order valence-corrected chi connectivity index (χ1v) is 6.13. The van der Waals surface area contributed by atoms with Crippen LogP contribution in [-0.4, -0.2) is 23.1 Å². The Kier molecular flexibility index (Phi) is 3.36. The standard InChI is InChI=1S/C11H18N2OS/c1-8(2)5-13-4-3-11-9(6-13)10(7-15)12-14-11/h8,15H,3-7H2,1-2H3. The van der Waals surface area contributed by atoms with Gasteiger partial charge in [0, 0.05) is 37.4 Å². The summed E-state index contributed by atoms with van der Waals surface area (Å²) in [6, 6.07) is 0. The molecule has 0 radical (unpaired) electrons. The molecule has 0 spiro atoms. The Bertz CT molecular complexity index is 322. The zero-order valence-corrected chi connectivity index (χ0v) is 10.3. The van der Waals surface area contributed by atoms with Crippen LogP contribution in [0.1, 0.15) is 30.9 Å². The van der Waals surface area contributed by atoms with E-state index in [4.69, 9.17) is 4.52 Å². The van der Waals surface area contributed by atoms with E-state index in [2.05, 4.69) is 36.5 Å². The number of fused-ring (bicyclic) bond motifs is 1. The quantitative estimate of drug-likeness (QED) is 0.801. The van der Waals surface area contributed by atoms with Crippen molar-refractivity contribution in [1.29, 1.82) is 0 Å². The highest BCUT2D eigenvalue weighted by molar-refractivity contribution is 7.79. The van der Waals surface area contributed by atoms with Crippen LogP contribution in [0.3, 0.4) is 0 Å². The van der Waals surface area contributed by atoms with Gasteiger partial charge in [-0.05, 0) is 5.92 Å². The lowest BCUT2D eigenvalue weighted by molar-refractivity contribution is 0.213. The number of thiol groups is 1. The summed E-state index contributed by atoms with van der Waals surface area (Å²) in [6.07, 6.45) is 0.989. The van der Waals surface area contributed by atoms with Crippen LogP contribution in [0.25, 0.3) is 0 Å². The second-order valence-electron chi connectivity index (χ2n) is 4.57. The fourth-order valence-electron chi connectivity index (χ4n) is 2.12. The van der Waals surface area contributed by atoms with Gasteiger partial charge in [0.2, 0.25) is 0 Å². The first-order chi connectivity index (χ1) is 7.20. The van der Waals surface area contributed by atoms with Crippen molar-refractivity contribution in [1.82, 2.24) is 10.1 Å². The molecule has 0 saturated carbocycles. The van der Waals surface area contributed by atoms with Crippen LogP contribution < -0.4 is 0 Å². The van der Waals surface area contributed by atoms with Crippen LogP contribution in [0.5, 0.6) is 0 Å². The molecule has 4 heteroatoms. The Morgan fingerprint density at radius 1 is 1.53 bits per heavy atom. The second kappa shape index (κ2) is 4.58. The van der Waals surface area contributed by atoms with Crippen LogP contribution in [0.15, 0.2) is 4.52 Å². The minimum absolute atomic E-state index is 0.675. The smallest absolute Gasteiger partial charge is 0.142 e. The van der Waals surface area contributed by atoms with Crippen molar-refractivity contribution in [2.24, 2.45) is 5.92 Å². The summed E-state index contributed by atoms with van der Waals surface area (Å²) in [6.45, 7) is 7.72. The van der Waals surface area contributed by atoms with Gasteiger partial charge in [0.05, 0.1) is 5.69 Å². The van der Waals surface area contributed by atoms with Crippen molar-refractivity contribution in [2.45, 2.75) is 32.6 Å². The third-order valence-electron chi connectivity index (χ3n) is 2.76. The van der Waals surface area contributed by atoms with E-state index < -0.39 is 0 Å². The Morgan fingerprint density at radius 3 is 3.00 bits per heavy atom. The second-order valence-corrected chi connectivity index (χ2v) is 4.88. The Balaban J connectivity index is 2.10. The van der Waals surface area contributed by atoms with Crippen molar-refractivity contribution < 1.29 is 4.52 Å². The van der Waals surface area contributed by atoms with E-state index in [0.29, 0.717) is 11.7 Å². The molecular weight excluding hydrogens is 208 g/mol. The molecule has 0 saturated heterocycles. The zero-order valence-electron chi connectivity index (χ0n) is 9.36. The van der Waals surface area contributed by atoms with Crippen LogP contribution >= 0.6 is 12.6 Å². The maximum absolute atomic E-state index is 5.31. The average molecular weight is 226 g/mol. The van der Waals surface area contributed by atoms with E-state index in [1.54, 1.807) is 0 Å². The molecule has 0 bridgehead atoms. The molecule has 0 aliphatic carbocycles. The van der Waals surface area contributed by atoms with Crippen LogP contribution in [0.4, 0.5) is 0 Å². The molecular formula is C11H18N2OS. The first-order valence-electron chi connectivity index (χ1n) is 5.50.